The lowest BCUT2D eigenvalue weighted by Gasteiger charge is -2.19. The van der Waals surface area contributed by atoms with E-state index in [1.54, 1.807) is 0 Å². The van der Waals surface area contributed by atoms with Crippen LogP contribution in [0, 0.1) is 17.7 Å². The SMILES string of the molecule is O=C1[C@H]2CC=CC[C@H]2C(=O)N1C[C@@H](O)c1ccc(F)cc1. The molecule has 1 heterocycles. The highest BCUT2D eigenvalue weighted by atomic mass is 19.1. The molecule has 0 aromatic heterocycles. The van der Waals surface area contributed by atoms with Crippen molar-refractivity contribution in [1.29, 1.82) is 0 Å². The minimum Gasteiger partial charge on any atom is -0.387 e. The molecule has 2 amide bonds. The molecule has 3 atom stereocenters. The standard InChI is InChI=1S/C16H16FNO3/c17-11-7-5-10(6-8-11)14(19)9-18-15(20)12-3-1-2-4-13(12)16(18)21/h1-2,5-8,12-14,19H,3-4,9H2/t12-,13+,14-/m1/s1. The number of amides is 2. The average molecular weight is 289 g/mol. The lowest BCUT2D eigenvalue weighted by molar-refractivity contribution is -0.141. The van der Waals surface area contributed by atoms with Crippen molar-refractivity contribution in [1.82, 2.24) is 4.90 Å². The molecule has 3 rings (SSSR count). The quantitative estimate of drug-likeness (QED) is 0.682. The van der Waals surface area contributed by atoms with Gasteiger partial charge in [-0.3, -0.25) is 14.5 Å². The predicted molar refractivity (Wildman–Crippen MR) is 73.4 cm³/mol. The van der Waals surface area contributed by atoms with E-state index in [1.807, 2.05) is 12.2 Å². The number of nitrogens with zero attached hydrogens (tertiary/aromatic N) is 1. The van der Waals surface area contributed by atoms with E-state index >= 15 is 0 Å². The zero-order valence-electron chi connectivity index (χ0n) is 11.4. The van der Waals surface area contributed by atoms with E-state index in [9.17, 15) is 19.1 Å². The van der Waals surface area contributed by atoms with Crippen LogP contribution in [0.25, 0.3) is 0 Å². The Morgan fingerprint density at radius 1 is 1.10 bits per heavy atom. The first-order chi connectivity index (χ1) is 10.1. The summed E-state index contributed by atoms with van der Waals surface area (Å²) < 4.78 is 12.9. The second-order valence-corrected chi connectivity index (χ2v) is 5.51. The van der Waals surface area contributed by atoms with E-state index in [0.29, 0.717) is 18.4 Å². The summed E-state index contributed by atoms with van der Waals surface area (Å²) in [6, 6.07) is 5.41. The Balaban J connectivity index is 1.74. The van der Waals surface area contributed by atoms with Crippen LogP contribution in [0.4, 0.5) is 4.39 Å². The molecule has 0 unspecified atom stereocenters. The second kappa shape index (κ2) is 5.41. The molecule has 1 aliphatic heterocycles. The van der Waals surface area contributed by atoms with Gasteiger partial charge < -0.3 is 5.11 Å². The highest BCUT2D eigenvalue weighted by Gasteiger charge is 2.47. The van der Waals surface area contributed by atoms with Crippen LogP contribution < -0.4 is 0 Å². The average Bonchev–Trinajstić information content (AvgIpc) is 2.73. The molecule has 0 bridgehead atoms. The van der Waals surface area contributed by atoms with Gasteiger partial charge in [0.05, 0.1) is 24.5 Å². The third-order valence-corrected chi connectivity index (χ3v) is 4.21. The number of fused-ring (bicyclic) bond motifs is 1. The Kier molecular flexibility index (Phi) is 3.59. The lowest BCUT2D eigenvalue weighted by Crippen LogP contribution is -2.35. The monoisotopic (exact) mass is 289 g/mol. The van der Waals surface area contributed by atoms with Crippen molar-refractivity contribution in [3.05, 3.63) is 47.8 Å². The molecule has 21 heavy (non-hydrogen) atoms. The maximum atomic E-state index is 12.9. The fraction of sp³-hybridized carbons (Fsp3) is 0.375. The highest BCUT2D eigenvalue weighted by molar-refractivity contribution is 6.05. The molecule has 1 fully saturated rings. The zero-order chi connectivity index (χ0) is 15.0. The van der Waals surface area contributed by atoms with Gasteiger partial charge in [-0.1, -0.05) is 24.3 Å². The van der Waals surface area contributed by atoms with Gasteiger partial charge >= 0.3 is 0 Å². The van der Waals surface area contributed by atoms with Crippen molar-refractivity contribution < 1.29 is 19.1 Å². The Bertz CT molecular complexity index is 570. The van der Waals surface area contributed by atoms with Gasteiger partial charge in [0.25, 0.3) is 0 Å². The topological polar surface area (TPSA) is 57.6 Å². The fourth-order valence-corrected chi connectivity index (χ4v) is 3.01. The minimum atomic E-state index is -0.994. The Morgan fingerprint density at radius 2 is 1.62 bits per heavy atom. The number of imide groups is 1. The minimum absolute atomic E-state index is 0.0731. The van der Waals surface area contributed by atoms with Crippen molar-refractivity contribution in [2.24, 2.45) is 11.8 Å². The van der Waals surface area contributed by atoms with Gasteiger partial charge in [-0.25, -0.2) is 4.39 Å². The number of rotatable bonds is 3. The number of hydrogen-bond donors (Lipinski definition) is 1. The zero-order valence-corrected chi connectivity index (χ0v) is 11.4. The fourth-order valence-electron chi connectivity index (χ4n) is 3.01. The molecule has 0 saturated carbocycles. The van der Waals surface area contributed by atoms with E-state index < -0.39 is 11.9 Å². The van der Waals surface area contributed by atoms with Crippen molar-refractivity contribution in [2.45, 2.75) is 18.9 Å². The smallest absolute Gasteiger partial charge is 0.233 e. The molecule has 110 valence electrons. The van der Waals surface area contributed by atoms with E-state index in [4.69, 9.17) is 0 Å². The maximum absolute atomic E-state index is 12.9. The van der Waals surface area contributed by atoms with Crippen molar-refractivity contribution >= 4 is 11.8 Å². The molecule has 1 aromatic rings. The number of halogens is 1. The Morgan fingerprint density at radius 3 is 2.14 bits per heavy atom. The largest absolute Gasteiger partial charge is 0.387 e. The van der Waals surface area contributed by atoms with Gasteiger partial charge in [0.2, 0.25) is 11.8 Å². The van der Waals surface area contributed by atoms with E-state index in [1.165, 1.54) is 24.3 Å². The molecular formula is C16H16FNO3. The molecular weight excluding hydrogens is 273 g/mol. The number of allylic oxidation sites excluding steroid dienone is 2. The van der Waals surface area contributed by atoms with E-state index in [2.05, 4.69) is 0 Å². The van der Waals surface area contributed by atoms with Crippen LogP contribution in [-0.2, 0) is 9.59 Å². The number of hydrogen-bond acceptors (Lipinski definition) is 3. The lowest BCUT2D eigenvalue weighted by atomic mass is 9.85. The van der Waals surface area contributed by atoms with Gasteiger partial charge in [0.15, 0.2) is 0 Å². The highest BCUT2D eigenvalue weighted by Crippen LogP contribution is 2.35. The van der Waals surface area contributed by atoms with Gasteiger partial charge in [0.1, 0.15) is 5.82 Å². The number of aliphatic hydroxyl groups excluding tert-OH is 1. The van der Waals surface area contributed by atoms with Crippen LogP contribution in [-0.4, -0.2) is 28.4 Å². The number of aliphatic hydroxyl groups is 1. The number of carbonyl (C=O) groups is 2. The Hall–Kier alpha value is -2.01. The summed E-state index contributed by atoms with van der Waals surface area (Å²) in [7, 11) is 0. The third-order valence-electron chi connectivity index (χ3n) is 4.21. The second-order valence-electron chi connectivity index (χ2n) is 5.51. The molecule has 0 spiro atoms. The van der Waals surface area contributed by atoms with Crippen LogP contribution in [0.3, 0.4) is 0 Å². The first kappa shape index (κ1) is 13.9. The summed E-state index contributed by atoms with van der Waals surface area (Å²) in [6.07, 6.45) is 4.02. The summed E-state index contributed by atoms with van der Waals surface area (Å²) in [6.45, 7) is -0.0731. The molecule has 2 aliphatic rings. The van der Waals surface area contributed by atoms with Gasteiger partial charge in [-0.2, -0.15) is 0 Å². The van der Waals surface area contributed by atoms with Crippen molar-refractivity contribution in [3.8, 4) is 0 Å². The first-order valence-electron chi connectivity index (χ1n) is 7.01. The van der Waals surface area contributed by atoms with Crippen LogP contribution in [0.15, 0.2) is 36.4 Å². The van der Waals surface area contributed by atoms with Gasteiger partial charge in [-0.15, -0.1) is 0 Å². The van der Waals surface area contributed by atoms with Gasteiger partial charge in [-0.05, 0) is 30.5 Å². The molecule has 1 aliphatic carbocycles. The summed E-state index contributed by atoms with van der Waals surface area (Å²) in [5, 5.41) is 10.2. The van der Waals surface area contributed by atoms with Crippen LogP contribution in [0.5, 0.6) is 0 Å². The molecule has 0 radical (unpaired) electrons. The molecule has 5 heteroatoms. The van der Waals surface area contributed by atoms with Crippen LogP contribution >= 0.6 is 0 Å². The summed E-state index contributed by atoms with van der Waals surface area (Å²) >= 11 is 0. The predicted octanol–water partition coefficient (Wildman–Crippen LogP) is 1.81. The number of carbonyl (C=O) groups excluding carboxylic acids is 2. The van der Waals surface area contributed by atoms with Gasteiger partial charge in [0, 0.05) is 0 Å². The maximum Gasteiger partial charge on any atom is 0.233 e. The summed E-state index contributed by atoms with van der Waals surface area (Å²) in [5.74, 6) is -1.40. The Labute approximate surface area is 121 Å². The molecule has 4 nitrogen and oxygen atoms in total. The number of β-amino-alcohol motifs (C(OH)–C–C–N with tert-alkyl or cyclic N) is 1. The summed E-state index contributed by atoms with van der Waals surface area (Å²) in [4.78, 5) is 25.7. The van der Waals surface area contributed by atoms with Crippen molar-refractivity contribution in [2.75, 3.05) is 6.54 Å². The third kappa shape index (κ3) is 2.49. The molecule has 1 aromatic carbocycles. The van der Waals surface area contributed by atoms with E-state index in [0.717, 1.165) is 4.90 Å². The number of likely N-dealkylation sites (tertiary alicyclic amines) is 1. The normalized spacial score (nSPS) is 26.1. The summed E-state index contributed by atoms with van der Waals surface area (Å²) in [5.41, 5.74) is 0.491. The number of benzene rings is 1. The van der Waals surface area contributed by atoms with E-state index in [-0.39, 0.29) is 30.2 Å². The molecule has 1 N–H and O–H groups in total. The molecule has 1 saturated heterocycles. The van der Waals surface area contributed by atoms with Crippen LogP contribution in [0.2, 0.25) is 0 Å². The first-order valence-corrected chi connectivity index (χ1v) is 7.01. The van der Waals surface area contributed by atoms with Crippen LogP contribution in [0.1, 0.15) is 24.5 Å². The van der Waals surface area contributed by atoms with Crippen molar-refractivity contribution in [3.63, 3.8) is 0 Å².